The molecule has 0 bridgehead atoms. The number of aromatic amines is 1. The molecule has 2 N–H and O–H groups in total. The topological polar surface area (TPSA) is 96.7 Å². The molecule has 3 heterocycles. The number of rotatable bonds is 3. The van der Waals surface area contributed by atoms with Gasteiger partial charge in [-0.15, -0.1) is 0 Å². The molecular formula is C17H10BrCl2N5O2. The summed E-state index contributed by atoms with van der Waals surface area (Å²) >= 11 is 15.6. The number of aromatic nitrogens is 5. The molecule has 0 aliphatic carbocycles. The first kappa shape index (κ1) is 18.1. The lowest BCUT2D eigenvalue weighted by Gasteiger charge is -2.09. The monoisotopic (exact) mass is 465 g/mol. The number of pyridine rings is 1. The van der Waals surface area contributed by atoms with Crippen LogP contribution in [-0.2, 0) is 6.61 Å². The molecule has 0 saturated heterocycles. The van der Waals surface area contributed by atoms with E-state index in [1.165, 1.54) is 10.7 Å². The molecule has 10 heteroatoms. The molecule has 0 saturated carbocycles. The first-order valence-electron chi connectivity index (χ1n) is 7.68. The van der Waals surface area contributed by atoms with E-state index in [9.17, 15) is 9.90 Å². The van der Waals surface area contributed by atoms with Gasteiger partial charge in [-0.2, -0.15) is 5.10 Å². The standard InChI is InChI=1S/C17H10BrCl2N5O2/c18-13-6-12(25(24-13)16-11(20)2-1-3-21-16)15-22-14-8(7-26)4-9(19)5-10(14)17(27)23-15/h1-6,26H,7H2,(H,22,23,27). The van der Waals surface area contributed by atoms with E-state index in [0.717, 1.165) is 0 Å². The molecule has 1 aromatic carbocycles. The van der Waals surface area contributed by atoms with Crippen LogP contribution in [0.4, 0.5) is 0 Å². The van der Waals surface area contributed by atoms with Crippen LogP contribution in [0, 0.1) is 0 Å². The third-order valence-corrected chi connectivity index (χ3v) is 4.79. The molecule has 7 nitrogen and oxygen atoms in total. The van der Waals surface area contributed by atoms with Gasteiger partial charge in [0, 0.05) is 22.8 Å². The van der Waals surface area contributed by atoms with Gasteiger partial charge in [0.05, 0.1) is 22.5 Å². The number of hydrogen-bond donors (Lipinski definition) is 2. The Morgan fingerprint density at radius 2 is 2.07 bits per heavy atom. The van der Waals surface area contributed by atoms with E-state index >= 15 is 0 Å². The summed E-state index contributed by atoms with van der Waals surface area (Å²) in [5.41, 5.74) is 0.894. The van der Waals surface area contributed by atoms with Crippen LogP contribution >= 0.6 is 39.1 Å². The minimum atomic E-state index is -0.386. The highest BCUT2D eigenvalue weighted by Gasteiger charge is 2.18. The van der Waals surface area contributed by atoms with Crippen LogP contribution in [0.25, 0.3) is 28.2 Å². The van der Waals surface area contributed by atoms with Crippen molar-refractivity contribution in [1.82, 2.24) is 24.7 Å². The van der Waals surface area contributed by atoms with Crippen molar-refractivity contribution in [3.63, 3.8) is 0 Å². The van der Waals surface area contributed by atoms with E-state index in [1.54, 1.807) is 30.5 Å². The molecule has 0 unspecified atom stereocenters. The van der Waals surface area contributed by atoms with Crippen LogP contribution in [0.2, 0.25) is 10.0 Å². The van der Waals surface area contributed by atoms with Gasteiger partial charge in [-0.1, -0.05) is 23.2 Å². The SMILES string of the molecule is O=c1[nH]c(-c2cc(Br)nn2-c2ncccc2Cl)nc2c(CO)cc(Cl)cc12. The Hall–Kier alpha value is -2.26. The number of H-pyrrole nitrogens is 1. The number of aliphatic hydroxyl groups is 1. The minimum absolute atomic E-state index is 0.254. The van der Waals surface area contributed by atoms with Gasteiger partial charge in [-0.25, -0.2) is 14.6 Å². The molecule has 4 aromatic rings. The molecule has 0 fully saturated rings. The fourth-order valence-corrected chi connectivity index (χ4v) is 3.55. The minimum Gasteiger partial charge on any atom is -0.392 e. The quantitative estimate of drug-likeness (QED) is 0.479. The van der Waals surface area contributed by atoms with Gasteiger partial charge in [-0.3, -0.25) is 4.79 Å². The van der Waals surface area contributed by atoms with Crippen LogP contribution in [0.5, 0.6) is 0 Å². The number of hydrogen-bond acceptors (Lipinski definition) is 5. The van der Waals surface area contributed by atoms with Gasteiger partial charge in [-0.05, 0) is 40.2 Å². The summed E-state index contributed by atoms with van der Waals surface area (Å²) in [4.78, 5) is 24.1. The summed E-state index contributed by atoms with van der Waals surface area (Å²) in [6.45, 7) is -0.304. The van der Waals surface area contributed by atoms with Crippen LogP contribution in [0.15, 0.2) is 45.9 Å². The largest absolute Gasteiger partial charge is 0.392 e. The van der Waals surface area contributed by atoms with Crippen LogP contribution in [-0.4, -0.2) is 29.8 Å². The second-order valence-corrected chi connectivity index (χ2v) is 7.26. The Balaban J connectivity index is 2.01. The molecule has 136 valence electrons. The maximum Gasteiger partial charge on any atom is 0.259 e. The number of nitrogens with zero attached hydrogens (tertiary/aromatic N) is 4. The summed E-state index contributed by atoms with van der Waals surface area (Å²) in [7, 11) is 0. The second kappa shape index (κ2) is 7.05. The third-order valence-electron chi connectivity index (χ3n) is 3.89. The highest BCUT2D eigenvalue weighted by atomic mass is 79.9. The summed E-state index contributed by atoms with van der Waals surface area (Å²) in [6, 6.07) is 8.16. The summed E-state index contributed by atoms with van der Waals surface area (Å²) in [6.07, 6.45) is 1.59. The number of halogens is 3. The van der Waals surface area contributed by atoms with Gasteiger partial charge in [0.15, 0.2) is 11.6 Å². The Morgan fingerprint density at radius 3 is 2.81 bits per heavy atom. The zero-order chi connectivity index (χ0) is 19.1. The van der Waals surface area contributed by atoms with Crippen LogP contribution in [0.3, 0.4) is 0 Å². The molecule has 0 aliphatic heterocycles. The van der Waals surface area contributed by atoms with Crippen molar-refractivity contribution in [1.29, 1.82) is 0 Å². The van der Waals surface area contributed by atoms with Crippen molar-refractivity contribution >= 4 is 50.0 Å². The smallest absolute Gasteiger partial charge is 0.259 e. The molecule has 0 amide bonds. The Morgan fingerprint density at radius 1 is 1.26 bits per heavy atom. The average molecular weight is 467 g/mol. The zero-order valence-corrected chi connectivity index (χ0v) is 16.5. The Bertz CT molecular complexity index is 1240. The van der Waals surface area contributed by atoms with Gasteiger partial charge >= 0.3 is 0 Å². The predicted octanol–water partition coefficient (Wildman–Crippen LogP) is 3.73. The fourth-order valence-electron chi connectivity index (χ4n) is 2.73. The molecule has 3 aromatic heterocycles. The van der Waals surface area contributed by atoms with E-state index in [2.05, 4.69) is 36.0 Å². The van der Waals surface area contributed by atoms with Gasteiger partial charge in [0.2, 0.25) is 0 Å². The molecule has 0 aliphatic rings. The van der Waals surface area contributed by atoms with Crippen molar-refractivity contribution < 1.29 is 5.11 Å². The van der Waals surface area contributed by atoms with E-state index in [0.29, 0.717) is 37.2 Å². The molecule has 0 spiro atoms. The predicted molar refractivity (Wildman–Crippen MR) is 106 cm³/mol. The summed E-state index contributed by atoms with van der Waals surface area (Å²) in [5, 5.41) is 15.0. The Labute approximate surface area is 170 Å². The summed E-state index contributed by atoms with van der Waals surface area (Å²) < 4.78 is 1.99. The molecular weight excluding hydrogens is 457 g/mol. The molecule has 0 atom stereocenters. The maximum atomic E-state index is 12.6. The van der Waals surface area contributed by atoms with Gasteiger partial charge < -0.3 is 10.1 Å². The molecule has 4 rings (SSSR count). The van der Waals surface area contributed by atoms with Crippen molar-refractivity contribution in [2.75, 3.05) is 0 Å². The van der Waals surface area contributed by atoms with E-state index < -0.39 is 0 Å². The third kappa shape index (κ3) is 3.25. The lowest BCUT2D eigenvalue weighted by atomic mass is 10.1. The van der Waals surface area contributed by atoms with Crippen molar-refractivity contribution in [2.24, 2.45) is 0 Å². The fraction of sp³-hybridized carbons (Fsp3) is 0.0588. The van der Waals surface area contributed by atoms with E-state index in [4.69, 9.17) is 23.2 Å². The summed E-state index contributed by atoms with van der Waals surface area (Å²) in [5.74, 6) is 0.644. The lowest BCUT2D eigenvalue weighted by molar-refractivity contribution is 0.283. The molecule has 27 heavy (non-hydrogen) atoms. The second-order valence-electron chi connectivity index (χ2n) is 5.61. The van der Waals surface area contributed by atoms with Crippen molar-refractivity contribution in [2.45, 2.75) is 6.61 Å². The van der Waals surface area contributed by atoms with Crippen molar-refractivity contribution in [3.05, 3.63) is 67.1 Å². The molecule has 0 radical (unpaired) electrons. The maximum absolute atomic E-state index is 12.6. The lowest BCUT2D eigenvalue weighted by Crippen LogP contribution is -2.13. The first-order valence-corrected chi connectivity index (χ1v) is 9.23. The highest BCUT2D eigenvalue weighted by molar-refractivity contribution is 9.10. The highest BCUT2D eigenvalue weighted by Crippen LogP contribution is 2.28. The Kier molecular flexibility index (Phi) is 4.73. The first-order chi connectivity index (χ1) is 13.0. The van der Waals surface area contributed by atoms with Crippen LogP contribution < -0.4 is 5.56 Å². The van der Waals surface area contributed by atoms with E-state index in [-0.39, 0.29) is 23.4 Å². The normalized spacial score (nSPS) is 11.3. The number of aliphatic hydroxyl groups excluding tert-OH is 1. The number of benzene rings is 1. The van der Waals surface area contributed by atoms with Gasteiger partial charge in [0.25, 0.3) is 5.56 Å². The average Bonchev–Trinajstić information content (AvgIpc) is 3.03. The zero-order valence-electron chi connectivity index (χ0n) is 13.4. The number of nitrogens with one attached hydrogen (secondary N) is 1. The van der Waals surface area contributed by atoms with Crippen molar-refractivity contribution in [3.8, 4) is 17.3 Å². The van der Waals surface area contributed by atoms with E-state index in [1.807, 2.05) is 0 Å². The number of fused-ring (bicyclic) bond motifs is 1. The van der Waals surface area contributed by atoms with Gasteiger partial charge in [0.1, 0.15) is 10.3 Å². The van der Waals surface area contributed by atoms with Crippen LogP contribution in [0.1, 0.15) is 5.56 Å².